The van der Waals surface area contributed by atoms with E-state index in [1.165, 1.54) is 25.8 Å². The van der Waals surface area contributed by atoms with Gasteiger partial charge in [0.25, 0.3) is 0 Å². The number of hydrogen-bond donors (Lipinski definition) is 1. The summed E-state index contributed by atoms with van der Waals surface area (Å²) in [5.41, 5.74) is 0. The van der Waals surface area contributed by atoms with Crippen LogP contribution in [-0.2, 0) is 9.47 Å². The van der Waals surface area contributed by atoms with Crippen LogP contribution in [0.1, 0.15) is 44.9 Å². The number of piperidine rings is 1. The molecule has 18 heavy (non-hydrogen) atoms. The SMILES string of the molecule is ClC1CCC2(CC1)OCC(C1CCCC[NH2+]1)O2.[Cl-]. The standard InChI is InChI=1S/C13H22ClNO2.ClH/c14-10-4-6-13(7-5-10)16-9-12(17-13)11-3-1-2-8-15-11;/h10-12,15H,1-9H2;1H. The van der Waals surface area contributed by atoms with E-state index in [1.807, 2.05) is 0 Å². The lowest BCUT2D eigenvalue weighted by Crippen LogP contribution is -3.00. The van der Waals surface area contributed by atoms with E-state index in [1.54, 1.807) is 0 Å². The van der Waals surface area contributed by atoms with Gasteiger partial charge in [0, 0.05) is 24.6 Å². The fourth-order valence-electron chi connectivity index (χ4n) is 3.39. The second kappa shape index (κ2) is 6.27. The third kappa shape index (κ3) is 3.13. The zero-order valence-electron chi connectivity index (χ0n) is 10.7. The lowest BCUT2D eigenvalue weighted by molar-refractivity contribution is -0.704. The summed E-state index contributed by atoms with van der Waals surface area (Å²) in [4.78, 5) is 0. The maximum atomic E-state index is 6.27. The average Bonchev–Trinajstić information content (AvgIpc) is 2.79. The average molecular weight is 296 g/mol. The smallest absolute Gasteiger partial charge is 0.169 e. The van der Waals surface area contributed by atoms with Crippen LogP contribution in [-0.4, -0.2) is 36.5 Å². The molecule has 2 N–H and O–H groups in total. The molecule has 1 saturated carbocycles. The number of quaternary nitrogens is 1. The summed E-state index contributed by atoms with van der Waals surface area (Å²) in [6, 6.07) is 0.622. The molecule has 1 spiro atoms. The van der Waals surface area contributed by atoms with Crippen molar-refractivity contribution in [3.05, 3.63) is 0 Å². The number of nitrogens with two attached hydrogens (primary N) is 1. The maximum absolute atomic E-state index is 6.27. The molecular formula is C13H23Cl2NO2. The van der Waals surface area contributed by atoms with Crippen molar-refractivity contribution in [3.8, 4) is 0 Å². The summed E-state index contributed by atoms with van der Waals surface area (Å²) in [6.07, 6.45) is 8.30. The lowest BCUT2D eigenvalue weighted by Gasteiger charge is -2.34. The van der Waals surface area contributed by atoms with Crippen molar-refractivity contribution in [1.29, 1.82) is 0 Å². The number of halogens is 2. The van der Waals surface area contributed by atoms with Crippen molar-refractivity contribution >= 4 is 11.6 Å². The predicted molar refractivity (Wildman–Crippen MR) is 66.1 cm³/mol. The lowest BCUT2D eigenvalue weighted by atomic mass is 9.93. The largest absolute Gasteiger partial charge is 1.00 e. The molecule has 106 valence electrons. The molecule has 2 atom stereocenters. The van der Waals surface area contributed by atoms with Crippen LogP contribution in [0.5, 0.6) is 0 Å². The van der Waals surface area contributed by atoms with Crippen molar-refractivity contribution in [2.45, 2.75) is 68.3 Å². The summed E-state index contributed by atoms with van der Waals surface area (Å²) in [5.74, 6) is -0.276. The first kappa shape index (κ1) is 14.9. The Kier molecular flexibility index (Phi) is 5.18. The van der Waals surface area contributed by atoms with Crippen LogP contribution in [0, 0.1) is 0 Å². The first-order chi connectivity index (χ1) is 8.27. The fourth-order valence-corrected chi connectivity index (χ4v) is 3.60. The summed E-state index contributed by atoms with van der Waals surface area (Å²) in [7, 11) is 0. The monoisotopic (exact) mass is 295 g/mol. The molecule has 2 unspecified atom stereocenters. The number of alkyl halides is 1. The summed E-state index contributed by atoms with van der Waals surface area (Å²) < 4.78 is 12.3. The molecule has 0 amide bonds. The molecule has 0 radical (unpaired) electrons. The zero-order chi connectivity index (χ0) is 11.7. The summed E-state index contributed by atoms with van der Waals surface area (Å²) in [5, 5.41) is 2.78. The Morgan fingerprint density at radius 2 is 1.89 bits per heavy atom. The van der Waals surface area contributed by atoms with Gasteiger partial charge in [0.15, 0.2) is 5.79 Å². The van der Waals surface area contributed by atoms with Crippen molar-refractivity contribution < 1.29 is 27.2 Å². The molecule has 0 aromatic carbocycles. The fraction of sp³-hybridized carbons (Fsp3) is 1.00. The first-order valence-electron chi connectivity index (χ1n) is 7.07. The van der Waals surface area contributed by atoms with Crippen LogP contribution in [0.3, 0.4) is 0 Å². The van der Waals surface area contributed by atoms with Gasteiger partial charge in [-0.15, -0.1) is 11.6 Å². The highest BCUT2D eigenvalue weighted by molar-refractivity contribution is 6.20. The molecule has 0 bridgehead atoms. The molecule has 2 aliphatic heterocycles. The molecule has 0 aromatic rings. The van der Waals surface area contributed by atoms with E-state index < -0.39 is 0 Å². The van der Waals surface area contributed by atoms with Gasteiger partial charge in [-0.25, -0.2) is 0 Å². The molecule has 3 nitrogen and oxygen atoms in total. The Morgan fingerprint density at radius 1 is 1.11 bits per heavy atom. The van der Waals surface area contributed by atoms with Gasteiger partial charge >= 0.3 is 0 Å². The summed E-state index contributed by atoms with van der Waals surface area (Å²) >= 11 is 6.15. The third-order valence-corrected chi connectivity index (χ3v) is 4.93. The van der Waals surface area contributed by atoms with E-state index in [9.17, 15) is 0 Å². The highest BCUT2D eigenvalue weighted by Crippen LogP contribution is 2.40. The number of ether oxygens (including phenoxy) is 2. The topological polar surface area (TPSA) is 35.1 Å². The van der Waals surface area contributed by atoms with Crippen LogP contribution in [0.4, 0.5) is 0 Å². The van der Waals surface area contributed by atoms with Crippen LogP contribution >= 0.6 is 11.6 Å². The molecule has 2 saturated heterocycles. The van der Waals surface area contributed by atoms with Gasteiger partial charge in [-0.2, -0.15) is 0 Å². The summed E-state index contributed by atoms with van der Waals surface area (Å²) in [6.45, 7) is 2.04. The van der Waals surface area contributed by atoms with E-state index in [2.05, 4.69) is 5.32 Å². The van der Waals surface area contributed by atoms with E-state index in [0.717, 1.165) is 32.3 Å². The predicted octanol–water partition coefficient (Wildman–Crippen LogP) is -1.60. The van der Waals surface area contributed by atoms with Crippen molar-refractivity contribution in [2.24, 2.45) is 0 Å². The molecule has 1 aliphatic carbocycles. The van der Waals surface area contributed by atoms with Gasteiger partial charge in [0.1, 0.15) is 12.1 Å². The first-order valence-corrected chi connectivity index (χ1v) is 7.50. The van der Waals surface area contributed by atoms with Crippen LogP contribution < -0.4 is 17.7 Å². The van der Waals surface area contributed by atoms with Gasteiger partial charge in [-0.05, 0) is 25.7 Å². The molecule has 2 heterocycles. The molecule has 3 aliphatic rings. The quantitative estimate of drug-likeness (QED) is 0.592. The molecule has 3 fully saturated rings. The minimum absolute atomic E-state index is 0. The van der Waals surface area contributed by atoms with Gasteiger partial charge in [-0.1, -0.05) is 0 Å². The van der Waals surface area contributed by atoms with Gasteiger partial charge in [0.2, 0.25) is 0 Å². The normalized spacial score (nSPS) is 44.8. The second-order valence-corrected chi connectivity index (χ2v) is 6.35. The molecular weight excluding hydrogens is 273 g/mol. The molecule has 3 rings (SSSR count). The maximum Gasteiger partial charge on any atom is 0.169 e. The van der Waals surface area contributed by atoms with E-state index in [-0.39, 0.29) is 18.2 Å². The highest BCUT2D eigenvalue weighted by atomic mass is 35.5. The Hall–Kier alpha value is 0.460. The Labute approximate surface area is 120 Å². The molecule has 0 aromatic heterocycles. The highest BCUT2D eigenvalue weighted by Gasteiger charge is 2.47. The van der Waals surface area contributed by atoms with Gasteiger partial charge in [0.05, 0.1) is 13.2 Å². The second-order valence-electron chi connectivity index (χ2n) is 5.74. The van der Waals surface area contributed by atoms with Gasteiger partial charge in [-0.3, -0.25) is 0 Å². The Balaban J connectivity index is 0.00000120. The third-order valence-electron chi connectivity index (χ3n) is 4.49. The zero-order valence-corrected chi connectivity index (χ0v) is 12.3. The number of rotatable bonds is 1. The van der Waals surface area contributed by atoms with Gasteiger partial charge < -0.3 is 27.2 Å². The van der Waals surface area contributed by atoms with E-state index in [4.69, 9.17) is 21.1 Å². The van der Waals surface area contributed by atoms with Crippen LogP contribution in [0.25, 0.3) is 0 Å². The van der Waals surface area contributed by atoms with Crippen molar-refractivity contribution in [2.75, 3.05) is 13.2 Å². The minimum atomic E-state index is -0.276. The Bertz CT molecular complexity index is 264. The van der Waals surface area contributed by atoms with Crippen molar-refractivity contribution in [3.63, 3.8) is 0 Å². The van der Waals surface area contributed by atoms with E-state index in [0.29, 0.717) is 17.5 Å². The molecule has 5 heteroatoms. The van der Waals surface area contributed by atoms with E-state index >= 15 is 0 Å². The minimum Gasteiger partial charge on any atom is -1.00 e. The van der Waals surface area contributed by atoms with Crippen molar-refractivity contribution in [1.82, 2.24) is 0 Å². The number of hydrogen-bond acceptors (Lipinski definition) is 2. The van der Waals surface area contributed by atoms with Crippen LogP contribution in [0.2, 0.25) is 0 Å². The Morgan fingerprint density at radius 3 is 2.56 bits per heavy atom. The van der Waals surface area contributed by atoms with Crippen LogP contribution in [0.15, 0.2) is 0 Å².